The van der Waals surface area contributed by atoms with E-state index < -0.39 is 0 Å². The van der Waals surface area contributed by atoms with E-state index >= 15 is 0 Å². The molecule has 3 aromatic heterocycles. The third-order valence-corrected chi connectivity index (χ3v) is 4.65. The molecule has 23 heavy (non-hydrogen) atoms. The fourth-order valence-electron chi connectivity index (χ4n) is 2.51. The quantitative estimate of drug-likeness (QED) is 0.532. The van der Waals surface area contributed by atoms with Crippen molar-refractivity contribution in [1.82, 2.24) is 24.6 Å². The molecule has 3 heterocycles. The second kappa shape index (κ2) is 5.65. The molecule has 1 aliphatic carbocycles. The van der Waals surface area contributed by atoms with E-state index in [1.165, 1.54) is 11.8 Å². The summed E-state index contributed by atoms with van der Waals surface area (Å²) in [6.07, 6.45) is 7.56. The van der Waals surface area contributed by atoms with Crippen LogP contribution < -0.4 is 4.74 Å². The van der Waals surface area contributed by atoms with Crippen molar-refractivity contribution < 1.29 is 4.74 Å². The highest BCUT2D eigenvalue weighted by Gasteiger charge is 2.30. The van der Waals surface area contributed by atoms with Crippen LogP contribution in [0.1, 0.15) is 24.5 Å². The molecule has 1 fully saturated rings. The Labute approximate surface area is 142 Å². The molecule has 0 radical (unpaired) electrons. The maximum Gasteiger partial charge on any atom is 0.187 e. The number of hydrogen-bond acceptors (Lipinski definition) is 6. The largest absolute Gasteiger partial charge is 0.495 e. The summed E-state index contributed by atoms with van der Waals surface area (Å²) in [6, 6.07) is 1.91. The van der Waals surface area contributed by atoms with Crippen LogP contribution in [0, 0.1) is 0 Å². The molecular weight excluding hydrogens is 334 g/mol. The van der Waals surface area contributed by atoms with Gasteiger partial charge in [-0.2, -0.15) is 5.10 Å². The van der Waals surface area contributed by atoms with E-state index in [2.05, 4.69) is 15.0 Å². The van der Waals surface area contributed by atoms with E-state index in [-0.39, 0.29) is 0 Å². The third-order valence-electron chi connectivity index (χ3n) is 3.82. The number of nitrogens with zero attached hydrogens (tertiary/aromatic N) is 5. The summed E-state index contributed by atoms with van der Waals surface area (Å²) >= 11 is 7.76. The van der Waals surface area contributed by atoms with Crippen LogP contribution in [0.25, 0.3) is 17.0 Å². The summed E-state index contributed by atoms with van der Waals surface area (Å²) in [5, 5.41) is 5.89. The average molecular weight is 348 g/mol. The Balaban J connectivity index is 1.92. The first-order valence-corrected chi connectivity index (χ1v) is 8.81. The van der Waals surface area contributed by atoms with Gasteiger partial charge in [-0.3, -0.25) is 0 Å². The number of hydrogen-bond donors (Lipinski definition) is 0. The molecule has 0 unspecified atom stereocenters. The zero-order chi connectivity index (χ0) is 16.0. The summed E-state index contributed by atoms with van der Waals surface area (Å²) in [7, 11) is 1.66. The van der Waals surface area contributed by atoms with Crippen molar-refractivity contribution in [3.63, 3.8) is 0 Å². The summed E-state index contributed by atoms with van der Waals surface area (Å²) in [5.74, 6) is 1.25. The molecule has 0 N–H and O–H groups in total. The number of ether oxygens (including phenoxy) is 1. The van der Waals surface area contributed by atoms with Crippen LogP contribution in [-0.4, -0.2) is 37.9 Å². The van der Waals surface area contributed by atoms with Crippen molar-refractivity contribution in [2.24, 2.45) is 0 Å². The first-order valence-electron chi connectivity index (χ1n) is 7.21. The van der Waals surface area contributed by atoms with Crippen LogP contribution in [0.15, 0.2) is 23.6 Å². The highest BCUT2D eigenvalue weighted by atomic mass is 35.5. The van der Waals surface area contributed by atoms with Gasteiger partial charge in [0.05, 0.1) is 24.5 Å². The number of aromatic nitrogens is 5. The Bertz CT molecular complexity index is 893. The predicted molar refractivity (Wildman–Crippen MR) is 89.3 cm³/mol. The van der Waals surface area contributed by atoms with Gasteiger partial charge < -0.3 is 4.74 Å². The van der Waals surface area contributed by atoms with Crippen molar-refractivity contribution >= 4 is 29.0 Å². The van der Waals surface area contributed by atoms with Crippen molar-refractivity contribution in [1.29, 1.82) is 0 Å². The van der Waals surface area contributed by atoms with Crippen LogP contribution in [0.5, 0.6) is 5.75 Å². The predicted octanol–water partition coefficient (Wildman–Crippen LogP) is 3.45. The van der Waals surface area contributed by atoms with Gasteiger partial charge in [-0.05, 0) is 19.1 Å². The Hall–Kier alpha value is -1.86. The average Bonchev–Trinajstić information content (AvgIpc) is 3.34. The summed E-state index contributed by atoms with van der Waals surface area (Å²) in [5.41, 5.74) is 3.07. The molecule has 3 aromatic rings. The lowest BCUT2D eigenvalue weighted by Crippen LogP contribution is -2.03. The lowest BCUT2D eigenvalue weighted by molar-refractivity contribution is 0.405. The van der Waals surface area contributed by atoms with E-state index in [1.807, 2.05) is 12.3 Å². The Morgan fingerprint density at radius 1 is 1.30 bits per heavy atom. The highest BCUT2D eigenvalue weighted by molar-refractivity contribution is 7.98. The number of halogens is 1. The van der Waals surface area contributed by atoms with E-state index in [1.54, 1.807) is 24.0 Å². The minimum Gasteiger partial charge on any atom is -0.495 e. The Morgan fingerprint density at radius 2 is 2.13 bits per heavy atom. The Kier molecular flexibility index (Phi) is 3.61. The molecule has 0 atom stereocenters. The van der Waals surface area contributed by atoms with Crippen LogP contribution in [-0.2, 0) is 0 Å². The van der Waals surface area contributed by atoms with E-state index in [4.69, 9.17) is 21.4 Å². The fraction of sp³-hybridized carbons (Fsp3) is 0.333. The second-order valence-electron chi connectivity index (χ2n) is 5.34. The molecule has 0 bridgehead atoms. The molecule has 0 aliphatic heterocycles. The van der Waals surface area contributed by atoms with E-state index in [0.29, 0.717) is 27.4 Å². The van der Waals surface area contributed by atoms with Gasteiger partial charge in [0, 0.05) is 12.0 Å². The van der Waals surface area contributed by atoms with Crippen molar-refractivity contribution in [2.45, 2.75) is 23.9 Å². The van der Waals surface area contributed by atoms with Crippen LogP contribution >= 0.6 is 23.4 Å². The molecule has 0 aromatic carbocycles. The SMILES string of the molecule is COc1cc2ncc(-c3nc(SC)ncc3Cl)n2nc1C1CC1. The molecule has 118 valence electrons. The molecule has 8 heteroatoms. The number of methoxy groups -OCH3 is 1. The van der Waals surface area contributed by atoms with E-state index in [9.17, 15) is 0 Å². The number of thioether (sulfide) groups is 1. The number of imidazole rings is 1. The molecule has 0 amide bonds. The maximum absolute atomic E-state index is 6.29. The van der Waals surface area contributed by atoms with Gasteiger partial charge >= 0.3 is 0 Å². The smallest absolute Gasteiger partial charge is 0.187 e. The zero-order valence-corrected chi connectivity index (χ0v) is 14.2. The maximum atomic E-state index is 6.29. The van der Waals surface area contributed by atoms with Crippen molar-refractivity contribution in [3.8, 4) is 17.1 Å². The minimum atomic E-state index is 0.465. The molecule has 4 rings (SSSR count). The monoisotopic (exact) mass is 347 g/mol. The lowest BCUT2D eigenvalue weighted by atomic mass is 10.2. The fourth-order valence-corrected chi connectivity index (χ4v) is 3.03. The second-order valence-corrected chi connectivity index (χ2v) is 6.52. The van der Waals surface area contributed by atoms with Crippen molar-refractivity contribution in [2.75, 3.05) is 13.4 Å². The van der Waals surface area contributed by atoms with Crippen LogP contribution in [0.3, 0.4) is 0 Å². The van der Waals surface area contributed by atoms with Gasteiger partial charge in [-0.25, -0.2) is 19.5 Å². The minimum absolute atomic E-state index is 0.465. The zero-order valence-electron chi connectivity index (χ0n) is 12.7. The first-order chi connectivity index (χ1) is 11.2. The summed E-state index contributed by atoms with van der Waals surface area (Å²) in [4.78, 5) is 13.1. The standard InChI is InChI=1S/C15H14ClN5OS/c1-22-11-5-12-17-7-10(21(12)20-13(11)8-3-4-8)14-9(16)6-18-15(19-14)23-2/h5-8H,3-4H2,1-2H3. The number of fused-ring (bicyclic) bond motifs is 1. The van der Waals surface area contributed by atoms with Crippen molar-refractivity contribution in [3.05, 3.63) is 29.2 Å². The Morgan fingerprint density at radius 3 is 2.83 bits per heavy atom. The van der Waals surface area contributed by atoms with E-state index in [0.717, 1.165) is 30.0 Å². The molecule has 1 aliphatic rings. The van der Waals surface area contributed by atoms with Gasteiger partial charge in [0.25, 0.3) is 0 Å². The van der Waals surface area contributed by atoms with Gasteiger partial charge in [0.15, 0.2) is 10.8 Å². The summed E-state index contributed by atoms with van der Waals surface area (Å²) in [6.45, 7) is 0. The topological polar surface area (TPSA) is 65.2 Å². The number of rotatable bonds is 4. The molecule has 0 spiro atoms. The van der Waals surface area contributed by atoms with Gasteiger partial charge in [0.2, 0.25) is 0 Å². The van der Waals surface area contributed by atoms with Gasteiger partial charge in [0.1, 0.15) is 22.8 Å². The van der Waals surface area contributed by atoms with Gasteiger partial charge in [-0.15, -0.1) is 0 Å². The van der Waals surface area contributed by atoms with Crippen LogP contribution in [0.2, 0.25) is 5.02 Å². The molecule has 6 nitrogen and oxygen atoms in total. The first kappa shape index (κ1) is 14.7. The summed E-state index contributed by atoms with van der Waals surface area (Å²) < 4.78 is 7.25. The molecule has 0 saturated heterocycles. The lowest BCUT2D eigenvalue weighted by Gasteiger charge is -2.09. The molecule has 1 saturated carbocycles. The highest BCUT2D eigenvalue weighted by Crippen LogP contribution is 2.43. The van der Waals surface area contributed by atoms with Gasteiger partial charge in [-0.1, -0.05) is 23.4 Å². The molecular formula is C15H14ClN5OS. The normalized spacial score (nSPS) is 14.4. The third kappa shape index (κ3) is 2.53. The van der Waals surface area contributed by atoms with Crippen LogP contribution in [0.4, 0.5) is 0 Å².